The number of ether oxygens (including phenoxy) is 2. The van der Waals surface area contributed by atoms with Gasteiger partial charge in [-0.3, -0.25) is 9.69 Å². The normalized spacial score (nSPS) is 17.5. The zero-order chi connectivity index (χ0) is 16.8. The van der Waals surface area contributed by atoms with Gasteiger partial charge < -0.3 is 18.3 Å². The van der Waals surface area contributed by atoms with Crippen LogP contribution in [0.1, 0.15) is 25.2 Å². The van der Waals surface area contributed by atoms with E-state index in [9.17, 15) is 4.79 Å². The number of methoxy groups -OCH3 is 1. The molecule has 0 N–H and O–H groups in total. The topological polar surface area (TPSA) is 90.8 Å². The van der Waals surface area contributed by atoms with Crippen molar-refractivity contribution in [3.05, 3.63) is 24.3 Å². The van der Waals surface area contributed by atoms with Crippen molar-refractivity contribution in [1.29, 1.82) is 0 Å². The number of esters is 1. The SMILES string of the molecule is COC(=O)CCN(Cc1nnc(-c2ccco2)o1)CC1CCCO1. The molecule has 3 rings (SSSR count). The minimum atomic E-state index is -0.242. The van der Waals surface area contributed by atoms with Crippen LogP contribution in [-0.2, 0) is 20.8 Å². The van der Waals surface area contributed by atoms with E-state index in [1.54, 1.807) is 18.4 Å². The molecule has 8 nitrogen and oxygen atoms in total. The maximum atomic E-state index is 11.4. The summed E-state index contributed by atoms with van der Waals surface area (Å²) in [6, 6.07) is 3.53. The highest BCUT2D eigenvalue weighted by atomic mass is 16.5. The van der Waals surface area contributed by atoms with Crippen LogP contribution in [0, 0.1) is 0 Å². The molecule has 1 atom stereocenters. The van der Waals surface area contributed by atoms with Gasteiger partial charge in [0.25, 0.3) is 5.89 Å². The molecule has 1 saturated heterocycles. The first-order valence-corrected chi connectivity index (χ1v) is 8.01. The number of hydrogen-bond donors (Lipinski definition) is 0. The molecule has 0 amide bonds. The minimum absolute atomic E-state index is 0.176. The molecular formula is C16H21N3O5. The molecule has 0 saturated carbocycles. The zero-order valence-corrected chi connectivity index (χ0v) is 13.6. The number of carbonyl (C=O) groups is 1. The molecule has 0 bridgehead atoms. The van der Waals surface area contributed by atoms with E-state index in [4.69, 9.17) is 18.3 Å². The van der Waals surface area contributed by atoms with E-state index in [-0.39, 0.29) is 12.1 Å². The molecule has 0 radical (unpaired) electrons. The van der Waals surface area contributed by atoms with E-state index in [0.29, 0.717) is 37.1 Å². The Morgan fingerprint density at radius 1 is 1.46 bits per heavy atom. The van der Waals surface area contributed by atoms with Crippen LogP contribution in [0.3, 0.4) is 0 Å². The summed E-state index contributed by atoms with van der Waals surface area (Å²) in [5, 5.41) is 8.05. The predicted molar refractivity (Wildman–Crippen MR) is 82.9 cm³/mol. The molecule has 8 heteroatoms. The van der Waals surface area contributed by atoms with E-state index >= 15 is 0 Å². The van der Waals surface area contributed by atoms with Crippen molar-refractivity contribution in [2.75, 3.05) is 26.8 Å². The van der Waals surface area contributed by atoms with Gasteiger partial charge in [0.1, 0.15) is 0 Å². The Hall–Kier alpha value is -2.19. The molecule has 2 aromatic heterocycles. The van der Waals surface area contributed by atoms with E-state index in [2.05, 4.69) is 15.1 Å². The average Bonchev–Trinajstić information content (AvgIpc) is 3.33. The van der Waals surface area contributed by atoms with Crippen molar-refractivity contribution >= 4 is 5.97 Å². The van der Waals surface area contributed by atoms with Gasteiger partial charge in [-0.15, -0.1) is 10.2 Å². The quantitative estimate of drug-likeness (QED) is 0.675. The standard InChI is InChI=1S/C16H21N3O5/c1-21-15(20)6-7-19(10-12-4-2-8-22-12)11-14-17-18-16(24-14)13-5-3-9-23-13/h3,5,9,12H,2,4,6-8,10-11H2,1H3. The molecule has 1 aliphatic rings. The first-order chi connectivity index (χ1) is 11.7. The van der Waals surface area contributed by atoms with Gasteiger partial charge in [0, 0.05) is 19.7 Å². The largest absolute Gasteiger partial charge is 0.469 e. The Bertz CT molecular complexity index is 634. The van der Waals surface area contributed by atoms with Crippen LogP contribution in [0.25, 0.3) is 11.7 Å². The summed E-state index contributed by atoms with van der Waals surface area (Å²) < 4.78 is 21.3. The van der Waals surface area contributed by atoms with Crippen molar-refractivity contribution in [2.45, 2.75) is 31.9 Å². The Labute approximate surface area is 139 Å². The monoisotopic (exact) mass is 335 g/mol. The number of nitrogens with zero attached hydrogens (tertiary/aromatic N) is 3. The van der Waals surface area contributed by atoms with Crippen LogP contribution in [0.15, 0.2) is 27.2 Å². The molecule has 0 aliphatic carbocycles. The maximum absolute atomic E-state index is 11.4. The molecule has 130 valence electrons. The third-order valence-corrected chi connectivity index (χ3v) is 3.90. The first-order valence-electron chi connectivity index (χ1n) is 8.01. The minimum Gasteiger partial charge on any atom is -0.469 e. The second-order valence-corrected chi connectivity index (χ2v) is 5.67. The maximum Gasteiger partial charge on any atom is 0.306 e. The van der Waals surface area contributed by atoms with Gasteiger partial charge in [-0.05, 0) is 25.0 Å². The summed E-state index contributed by atoms with van der Waals surface area (Å²) in [6.07, 6.45) is 4.13. The Kier molecular flexibility index (Phi) is 5.60. The Balaban J connectivity index is 1.62. The fourth-order valence-corrected chi connectivity index (χ4v) is 2.67. The summed E-state index contributed by atoms with van der Waals surface area (Å²) >= 11 is 0. The molecular weight excluding hydrogens is 314 g/mol. The van der Waals surface area contributed by atoms with E-state index in [1.807, 2.05) is 0 Å². The van der Waals surface area contributed by atoms with Crippen molar-refractivity contribution in [3.63, 3.8) is 0 Å². The molecule has 24 heavy (non-hydrogen) atoms. The zero-order valence-electron chi connectivity index (χ0n) is 13.6. The fourth-order valence-electron chi connectivity index (χ4n) is 2.67. The van der Waals surface area contributed by atoms with E-state index < -0.39 is 0 Å². The molecule has 0 aromatic carbocycles. The van der Waals surface area contributed by atoms with Crippen LogP contribution in [0.4, 0.5) is 0 Å². The van der Waals surface area contributed by atoms with Crippen molar-refractivity contribution in [2.24, 2.45) is 0 Å². The first kappa shape index (κ1) is 16.7. The van der Waals surface area contributed by atoms with Gasteiger partial charge in [-0.1, -0.05) is 0 Å². The number of rotatable bonds is 8. The lowest BCUT2D eigenvalue weighted by Crippen LogP contribution is -2.33. The van der Waals surface area contributed by atoms with Crippen LogP contribution >= 0.6 is 0 Å². The second kappa shape index (κ2) is 8.07. The van der Waals surface area contributed by atoms with Crippen LogP contribution in [-0.4, -0.2) is 54.0 Å². The van der Waals surface area contributed by atoms with Gasteiger partial charge in [0.15, 0.2) is 5.76 Å². The third kappa shape index (κ3) is 4.42. The van der Waals surface area contributed by atoms with Gasteiger partial charge in [-0.25, -0.2) is 0 Å². The summed E-state index contributed by atoms with van der Waals surface area (Å²) in [5.41, 5.74) is 0. The molecule has 1 unspecified atom stereocenters. The highest BCUT2D eigenvalue weighted by Gasteiger charge is 2.22. The Morgan fingerprint density at radius 3 is 3.08 bits per heavy atom. The third-order valence-electron chi connectivity index (χ3n) is 3.90. The highest BCUT2D eigenvalue weighted by molar-refractivity contribution is 5.69. The average molecular weight is 335 g/mol. The van der Waals surface area contributed by atoms with Crippen LogP contribution in [0.5, 0.6) is 0 Å². The number of carbonyl (C=O) groups excluding carboxylic acids is 1. The smallest absolute Gasteiger partial charge is 0.306 e. The van der Waals surface area contributed by atoms with Crippen molar-refractivity contribution in [3.8, 4) is 11.7 Å². The Morgan fingerprint density at radius 2 is 2.38 bits per heavy atom. The molecule has 2 aromatic rings. The fraction of sp³-hybridized carbons (Fsp3) is 0.562. The van der Waals surface area contributed by atoms with Crippen LogP contribution in [0.2, 0.25) is 0 Å². The van der Waals surface area contributed by atoms with Gasteiger partial charge in [-0.2, -0.15) is 0 Å². The molecule has 1 aliphatic heterocycles. The lowest BCUT2D eigenvalue weighted by Gasteiger charge is -2.23. The van der Waals surface area contributed by atoms with Gasteiger partial charge in [0.05, 0.1) is 32.4 Å². The molecule has 0 spiro atoms. The summed E-state index contributed by atoms with van der Waals surface area (Å²) in [4.78, 5) is 13.5. The summed E-state index contributed by atoms with van der Waals surface area (Å²) in [6.45, 7) is 2.50. The molecule has 1 fully saturated rings. The van der Waals surface area contributed by atoms with Gasteiger partial charge >= 0.3 is 5.97 Å². The second-order valence-electron chi connectivity index (χ2n) is 5.67. The number of hydrogen-bond acceptors (Lipinski definition) is 8. The molecule has 3 heterocycles. The highest BCUT2D eigenvalue weighted by Crippen LogP contribution is 2.19. The summed E-state index contributed by atoms with van der Waals surface area (Å²) in [5.74, 6) is 1.12. The lowest BCUT2D eigenvalue weighted by molar-refractivity contribution is -0.141. The summed E-state index contributed by atoms with van der Waals surface area (Å²) in [7, 11) is 1.39. The van der Waals surface area contributed by atoms with Crippen molar-refractivity contribution in [1.82, 2.24) is 15.1 Å². The van der Waals surface area contributed by atoms with E-state index in [0.717, 1.165) is 26.0 Å². The van der Waals surface area contributed by atoms with Crippen LogP contribution < -0.4 is 0 Å². The number of furan rings is 1. The predicted octanol–water partition coefficient (Wildman–Crippen LogP) is 1.87. The number of aromatic nitrogens is 2. The van der Waals surface area contributed by atoms with Gasteiger partial charge in [0.2, 0.25) is 5.89 Å². The lowest BCUT2D eigenvalue weighted by atomic mass is 10.2. The van der Waals surface area contributed by atoms with Crippen molar-refractivity contribution < 1.29 is 23.1 Å². The van der Waals surface area contributed by atoms with E-state index in [1.165, 1.54) is 7.11 Å².